The van der Waals surface area contributed by atoms with Gasteiger partial charge in [-0.25, -0.2) is 8.42 Å². The zero-order valence-corrected chi connectivity index (χ0v) is 25.6. The summed E-state index contributed by atoms with van der Waals surface area (Å²) in [5, 5.41) is 3.59. The molecule has 1 N–H and O–H groups in total. The van der Waals surface area contributed by atoms with E-state index in [0.717, 1.165) is 42.0 Å². The standard InChI is InChI=1S/C32H38ClN3O5S/c1-3-30(32(38)34-26-12-8-5-9-13-26)35(22-24-10-6-4-7-11-24)31(37)23-36(27-16-14-25(33)15-17-27)42(39,40)29-20-18-28(41-2)19-21-29/h4,6-7,10-11,14-21,26,30H,3,5,8-9,12-13,22-23H2,1-2H3,(H,34,38)/t30-/m1/s1. The summed E-state index contributed by atoms with van der Waals surface area (Å²) in [5.74, 6) is -0.201. The molecule has 224 valence electrons. The van der Waals surface area contributed by atoms with Gasteiger partial charge in [0.05, 0.1) is 17.7 Å². The number of sulfonamides is 1. The minimum absolute atomic E-state index is 0.00254. The van der Waals surface area contributed by atoms with Gasteiger partial charge in [0.1, 0.15) is 18.3 Å². The van der Waals surface area contributed by atoms with Crippen LogP contribution < -0.4 is 14.4 Å². The van der Waals surface area contributed by atoms with E-state index in [1.54, 1.807) is 36.4 Å². The van der Waals surface area contributed by atoms with Crippen molar-refractivity contribution < 1.29 is 22.7 Å². The van der Waals surface area contributed by atoms with Gasteiger partial charge in [0.25, 0.3) is 10.0 Å². The van der Waals surface area contributed by atoms with E-state index < -0.39 is 28.5 Å². The van der Waals surface area contributed by atoms with E-state index in [1.807, 2.05) is 37.3 Å². The predicted molar refractivity (Wildman–Crippen MR) is 165 cm³/mol. The Morgan fingerprint density at radius 3 is 2.19 bits per heavy atom. The van der Waals surface area contributed by atoms with E-state index in [0.29, 0.717) is 17.2 Å². The lowest BCUT2D eigenvalue weighted by Crippen LogP contribution is -2.54. The fourth-order valence-electron chi connectivity index (χ4n) is 5.25. The smallest absolute Gasteiger partial charge is 0.264 e. The normalized spacial score (nSPS) is 14.5. The van der Waals surface area contributed by atoms with Crippen LogP contribution in [-0.2, 0) is 26.2 Å². The van der Waals surface area contributed by atoms with Gasteiger partial charge in [0.15, 0.2) is 0 Å². The molecule has 0 saturated heterocycles. The van der Waals surface area contributed by atoms with Crippen molar-refractivity contribution in [2.24, 2.45) is 0 Å². The Kier molecular flexibility index (Phi) is 10.9. The summed E-state index contributed by atoms with van der Waals surface area (Å²) >= 11 is 6.10. The second kappa shape index (κ2) is 14.6. The number of anilines is 1. The number of nitrogens with one attached hydrogen (secondary N) is 1. The molecule has 3 aromatic carbocycles. The Labute approximate surface area is 253 Å². The average Bonchev–Trinajstić information content (AvgIpc) is 3.01. The van der Waals surface area contributed by atoms with E-state index >= 15 is 0 Å². The zero-order valence-electron chi connectivity index (χ0n) is 24.0. The van der Waals surface area contributed by atoms with Crippen LogP contribution in [0.15, 0.2) is 83.8 Å². The van der Waals surface area contributed by atoms with Gasteiger partial charge >= 0.3 is 0 Å². The highest BCUT2D eigenvalue weighted by Gasteiger charge is 2.34. The predicted octanol–water partition coefficient (Wildman–Crippen LogP) is 5.80. The van der Waals surface area contributed by atoms with E-state index in [-0.39, 0.29) is 29.1 Å². The fourth-order valence-corrected chi connectivity index (χ4v) is 6.80. The molecule has 1 fully saturated rings. The van der Waals surface area contributed by atoms with Crippen molar-refractivity contribution in [1.82, 2.24) is 10.2 Å². The molecule has 1 saturated carbocycles. The molecule has 1 aliphatic carbocycles. The summed E-state index contributed by atoms with van der Waals surface area (Å²) in [6, 6.07) is 21.0. The highest BCUT2D eigenvalue weighted by molar-refractivity contribution is 7.92. The minimum atomic E-state index is -4.18. The molecule has 10 heteroatoms. The number of methoxy groups -OCH3 is 1. The van der Waals surface area contributed by atoms with Gasteiger partial charge in [-0.2, -0.15) is 0 Å². The van der Waals surface area contributed by atoms with Gasteiger partial charge in [-0.3, -0.25) is 13.9 Å². The lowest BCUT2D eigenvalue weighted by atomic mass is 9.95. The van der Waals surface area contributed by atoms with Crippen LogP contribution in [0.4, 0.5) is 5.69 Å². The van der Waals surface area contributed by atoms with Crippen LogP contribution in [-0.4, -0.2) is 50.9 Å². The van der Waals surface area contributed by atoms with Crippen LogP contribution in [0.2, 0.25) is 5.02 Å². The number of hydrogen-bond acceptors (Lipinski definition) is 5. The van der Waals surface area contributed by atoms with Crippen LogP contribution in [0.3, 0.4) is 0 Å². The highest BCUT2D eigenvalue weighted by Crippen LogP contribution is 2.27. The summed E-state index contributed by atoms with van der Waals surface area (Å²) < 4.78 is 34.2. The number of halogens is 1. The summed E-state index contributed by atoms with van der Waals surface area (Å²) in [6.07, 6.45) is 5.49. The van der Waals surface area contributed by atoms with E-state index in [4.69, 9.17) is 16.3 Å². The molecular weight excluding hydrogens is 574 g/mol. The highest BCUT2D eigenvalue weighted by atomic mass is 35.5. The number of carbonyl (C=O) groups excluding carboxylic acids is 2. The Morgan fingerprint density at radius 2 is 1.60 bits per heavy atom. The molecule has 1 aliphatic rings. The largest absolute Gasteiger partial charge is 0.497 e. The van der Waals surface area contributed by atoms with Gasteiger partial charge in [0, 0.05) is 17.6 Å². The molecular formula is C32H38ClN3O5S. The second-order valence-electron chi connectivity index (χ2n) is 10.4. The summed E-state index contributed by atoms with van der Waals surface area (Å²) in [6.45, 7) is 1.52. The van der Waals surface area contributed by atoms with Crippen molar-refractivity contribution in [3.63, 3.8) is 0 Å². The fraction of sp³-hybridized carbons (Fsp3) is 0.375. The van der Waals surface area contributed by atoms with Crippen molar-refractivity contribution in [1.29, 1.82) is 0 Å². The first-order valence-electron chi connectivity index (χ1n) is 14.3. The van der Waals surface area contributed by atoms with Crippen molar-refractivity contribution in [2.45, 2.75) is 69.0 Å². The summed E-state index contributed by atoms with van der Waals surface area (Å²) in [5.41, 5.74) is 1.12. The topological polar surface area (TPSA) is 96.0 Å². The van der Waals surface area contributed by atoms with Gasteiger partial charge in [-0.1, -0.05) is 68.1 Å². The van der Waals surface area contributed by atoms with Gasteiger partial charge in [-0.15, -0.1) is 0 Å². The third-order valence-electron chi connectivity index (χ3n) is 7.57. The van der Waals surface area contributed by atoms with Gasteiger partial charge in [0.2, 0.25) is 11.8 Å². The SMILES string of the molecule is CC[C@H](C(=O)NC1CCCCC1)N(Cc1ccccc1)C(=O)CN(c1ccc(Cl)cc1)S(=O)(=O)c1ccc(OC)cc1. The first kappa shape index (κ1) is 31.4. The maximum absolute atomic E-state index is 14.2. The van der Waals surface area contributed by atoms with Crippen molar-refractivity contribution in [3.8, 4) is 5.75 Å². The monoisotopic (exact) mass is 611 g/mol. The average molecular weight is 612 g/mol. The Morgan fingerprint density at radius 1 is 0.952 bits per heavy atom. The number of ether oxygens (including phenoxy) is 1. The minimum Gasteiger partial charge on any atom is -0.497 e. The number of nitrogens with zero attached hydrogens (tertiary/aromatic N) is 2. The quantitative estimate of drug-likeness (QED) is 0.279. The first-order valence-corrected chi connectivity index (χ1v) is 16.1. The molecule has 42 heavy (non-hydrogen) atoms. The van der Waals surface area contributed by atoms with E-state index in [2.05, 4.69) is 5.32 Å². The molecule has 0 aromatic heterocycles. The molecule has 0 heterocycles. The maximum Gasteiger partial charge on any atom is 0.264 e. The molecule has 4 rings (SSSR count). The Hall–Kier alpha value is -3.56. The number of hydrogen-bond donors (Lipinski definition) is 1. The molecule has 0 radical (unpaired) electrons. The molecule has 8 nitrogen and oxygen atoms in total. The molecule has 1 atom stereocenters. The number of rotatable bonds is 12. The van der Waals surface area contributed by atoms with Gasteiger partial charge < -0.3 is 15.0 Å². The van der Waals surface area contributed by atoms with E-state index in [9.17, 15) is 18.0 Å². The van der Waals surface area contributed by atoms with Crippen LogP contribution in [0.5, 0.6) is 5.75 Å². The van der Waals surface area contributed by atoms with Crippen molar-refractivity contribution >= 4 is 39.1 Å². The van der Waals surface area contributed by atoms with Crippen LogP contribution >= 0.6 is 11.6 Å². The molecule has 3 aromatic rings. The van der Waals surface area contributed by atoms with Crippen molar-refractivity contribution in [2.75, 3.05) is 18.0 Å². The van der Waals surface area contributed by atoms with Crippen molar-refractivity contribution in [3.05, 3.63) is 89.4 Å². The lowest BCUT2D eigenvalue weighted by Gasteiger charge is -2.34. The first-order chi connectivity index (χ1) is 20.2. The number of amides is 2. The van der Waals surface area contributed by atoms with Gasteiger partial charge in [-0.05, 0) is 73.4 Å². The Balaban J connectivity index is 1.68. The lowest BCUT2D eigenvalue weighted by molar-refractivity contribution is -0.140. The van der Waals surface area contributed by atoms with Crippen LogP contribution in [0, 0.1) is 0 Å². The second-order valence-corrected chi connectivity index (χ2v) is 12.7. The zero-order chi connectivity index (χ0) is 30.1. The summed E-state index contributed by atoms with van der Waals surface area (Å²) in [4.78, 5) is 29.3. The molecule has 0 bridgehead atoms. The van der Waals surface area contributed by atoms with E-state index in [1.165, 1.54) is 24.1 Å². The number of benzene rings is 3. The summed E-state index contributed by atoms with van der Waals surface area (Å²) in [7, 11) is -2.68. The third kappa shape index (κ3) is 7.83. The Bertz CT molecular complexity index is 1430. The van der Waals surface area contributed by atoms with Crippen LogP contribution in [0.25, 0.3) is 0 Å². The molecule has 0 unspecified atom stereocenters. The molecule has 0 spiro atoms. The molecule has 0 aliphatic heterocycles. The molecule has 2 amide bonds. The maximum atomic E-state index is 14.2. The van der Waals surface area contributed by atoms with Crippen LogP contribution in [0.1, 0.15) is 51.0 Å². The third-order valence-corrected chi connectivity index (χ3v) is 9.61. The number of carbonyl (C=O) groups is 2.